The second-order valence-corrected chi connectivity index (χ2v) is 3.78. The van der Waals surface area contributed by atoms with Gasteiger partial charge < -0.3 is 10.4 Å². The van der Waals surface area contributed by atoms with Gasteiger partial charge in [-0.3, -0.25) is 0 Å². The van der Waals surface area contributed by atoms with Crippen LogP contribution in [0.1, 0.15) is 19.8 Å². The van der Waals surface area contributed by atoms with Crippen molar-refractivity contribution >= 4 is 29.2 Å². The summed E-state index contributed by atoms with van der Waals surface area (Å²) in [5, 5.41) is 11.8. The lowest BCUT2D eigenvalue weighted by atomic mass is 10.2. The molecule has 0 fully saturated rings. The second-order valence-electron chi connectivity index (χ2n) is 3.11. The molecule has 0 radical (unpaired) electrons. The van der Waals surface area contributed by atoms with Gasteiger partial charge >= 0.3 is 0 Å². The molecule has 0 saturated carbocycles. The predicted octanol–water partition coefficient (Wildman–Crippen LogP) is 1.75. The van der Waals surface area contributed by atoms with Gasteiger partial charge in [-0.25, -0.2) is 0 Å². The van der Waals surface area contributed by atoms with Crippen LogP contribution in [0.2, 0.25) is 10.6 Å². The molecule has 84 valence electrons. The van der Waals surface area contributed by atoms with Crippen LogP contribution in [0.5, 0.6) is 0 Å². The summed E-state index contributed by atoms with van der Waals surface area (Å²) in [6.45, 7) is 2.13. The van der Waals surface area contributed by atoms with Gasteiger partial charge in [0.25, 0.3) is 0 Å². The molecule has 1 atom stereocenters. The molecular formula is C8H12Cl2N4O. The average molecular weight is 251 g/mol. The third-order valence-electron chi connectivity index (χ3n) is 1.75. The van der Waals surface area contributed by atoms with E-state index in [2.05, 4.69) is 20.3 Å². The van der Waals surface area contributed by atoms with Gasteiger partial charge in [-0.15, -0.1) is 0 Å². The molecule has 1 aromatic rings. The highest BCUT2D eigenvalue weighted by Crippen LogP contribution is 2.11. The second kappa shape index (κ2) is 6.05. The summed E-state index contributed by atoms with van der Waals surface area (Å²) in [6, 6.07) is 0.145. The van der Waals surface area contributed by atoms with Crippen molar-refractivity contribution < 1.29 is 5.11 Å². The van der Waals surface area contributed by atoms with E-state index in [1.165, 1.54) is 0 Å². The van der Waals surface area contributed by atoms with Crippen LogP contribution in [-0.2, 0) is 0 Å². The Morgan fingerprint density at radius 2 is 1.87 bits per heavy atom. The van der Waals surface area contributed by atoms with Gasteiger partial charge in [-0.2, -0.15) is 15.0 Å². The summed E-state index contributed by atoms with van der Waals surface area (Å²) in [6.07, 6.45) is 1.54. The average Bonchev–Trinajstić information content (AvgIpc) is 2.13. The minimum atomic E-state index is 0.0619. The van der Waals surface area contributed by atoms with Gasteiger partial charge in [0.2, 0.25) is 16.5 Å². The van der Waals surface area contributed by atoms with Crippen LogP contribution in [0.4, 0.5) is 5.95 Å². The van der Waals surface area contributed by atoms with E-state index in [4.69, 9.17) is 28.3 Å². The molecule has 0 aromatic carbocycles. The molecule has 0 bridgehead atoms. The van der Waals surface area contributed by atoms with Crippen LogP contribution in [0.25, 0.3) is 0 Å². The normalized spacial score (nSPS) is 12.5. The molecule has 0 amide bonds. The highest BCUT2D eigenvalue weighted by molar-refractivity contribution is 6.31. The van der Waals surface area contributed by atoms with Crippen LogP contribution in [0.3, 0.4) is 0 Å². The Bertz CT molecular complexity index is 303. The monoisotopic (exact) mass is 250 g/mol. The van der Waals surface area contributed by atoms with Gasteiger partial charge in [-0.05, 0) is 43.0 Å². The molecule has 2 N–H and O–H groups in total. The molecule has 15 heavy (non-hydrogen) atoms. The van der Waals surface area contributed by atoms with E-state index in [0.717, 1.165) is 12.8 Å². The fourth-order valence-corrected chi connectivity index (χ4v) is 1.44. The van der Waals surface area contributed by atoms with Crippen molar-refractivity contribution in [1.29, 1.82) is 0 Å². The lowest BCUT2D eigenvalue weighted by Crippen LogP contribution is -2.17. The van der Waals surface area contributed by atoms with Crippen molar-refractivity contribution in [2.75, 3.05) is 11.9 Å². The van der Waals surface area contributed by atoms with E-state index in [9.17, 15) is 0 Å². The quantitative estimate of drug-likeness (QED) is 0.834. The molecule has 1 heterocycles. The SMILES string of the molecule is CC(CCCO)Nc1nc(Cl)nc(Cl)n1. The first kappa shape index (κ1) is 12.4. The fourth-order valence-electron chi connectivity index (χ4n) is 1.08. The zero-order chi connectivity index (χ0) is 11.3. The Kier molecular flexibility index (Phi) is 5.01. The topological polar surface area (TPSA) is 70.9 Å². The smallest absolute Gasteiger partial charge is 0.228 e. The Hall–Kier alpha value is -0.650. The minimum absolute atomic E-state index is 0.0619. The Balaban J connectivity index is 2.56. The van der Waals surface area contributed by atoms with Crippen molar-refractivity contribution in [3.8, 4) is 0 Å². The van der Waals surface area contributed by atoms with Crippen LogP contribution >= 0.6 is 23.2 Å². The molecule has 0 aliphatic carbocycles. The largest absolute Gasteiger partial charge is 0.396 e. The van der Waals surface area contributed by atoms with Crippen molar-refractivity contribution in [3.63, 3.8) is 0 Å². The third-order valence-corrected chi connectivity index (χ3v) is 2.09. The molecule has 0 saturated heterocycles. The molecule has 0 aliphatic heterocycles. The predicted molar refractivity (Wildman–Crippen MR) is 59.3 cm³/mol. The van der Waals surface area contributed by atoms with E-state index in [1.54, 1.807) is 0 Å². The number of anilines is 1. The lowest BCUT2D eigenvalue weighted by Gasteiger charge is -2.12. The zero-order valence-corrected chi connectivity index (χ0v) is 9.76. The minimum Gasteiger partial charge on any atom is -0.396 e. The van der Waals surface area contributed by atoms with Crippen LogP contribution in [0, 0.1) is 0 Å². The number of nitrogens with zero attached hydrogens (tertiary/aromatic N) is 3. The first-order valence-corrected chi connectivity index (χ1v) is 5.32. The van der Waals surface area contributed by atoms with Crippen molar-refractivity contribution in [2.24, 2.45) is 0 Å². The van der Waals surface area contributed by atoms with Crippen LogP contribution in [0.15, 0.2) is 0 Å². The zero-order valence-electron chi connectivity index (χ0n) is 8.24. The van der Waals surface area contributed by atoms with E-state index >= 15 is 0 Å². The molecule has 1 aromatic heterocycles. The number of aliphatic hydroxyl groups is 1. The maximum Gasteiger partial charge on any atom is 0.228 e. The Labute approximate surface area is 97.9 Å². The Morgan fingerprint density at radius 3 is 2.40 bits per heavy atom. The summed E-state index contributed by atoms with van der Waals surface area (Å²) < 4.78 is 0. The van der Waals surface area contributed by atoms with Gasteiger partial charge in [0.15, 0.2) is 0 Å². The standard InChI is InChI=1S/C8H12Cl2N4O/c1-5(3-2-4-15)11-8-13-6(9)12-7(10)14-8/h5,15H,2-4H2,1H3,(H,11,12,13,14). The van der Waals surface area contributed by atoms with Gasteiger partial charge in [0.1, 0.15) is 0 Å². The number of nitrogens with one attached hydrogen (secondary N) is 1. The highest BCUT2D eigenvalue weighted by atomic mass is 35.5. The first-order chi connectivity index (χ1) is 7.11. The maximum atomic E-state index is 8.66. The molecule has 5 nitrogen and oxygen atoms in total. The third kappa shape index (κ3) is 4.59. The number of rotatable bonds is 5. The molecule has 0 spiro atoms. The van der Waals surface area contributed by atoms with Crippen molar-refractivity contribution in [3.05, 3.63) is 10.6 Å². The molecule has 7 heteroatoms. The lowest BCUT2D eigenvalue weighted by molar-refractivity contribution is 0.282. The number of aromatic nitrogens is 3. The molecule has 0 aliphatic rings. The van der Waals surface area contributed by atoms with Crippen LogP contribution < -0.4 is 5.32 Å². The van der Waals surface area contributed by atoms with E-state index < -0.39 is 0 Å². The number of halogens is 2. The van der Waals surface area contributed by atoms with Gasteiger partial charge in [-0.1, -0.05) is 0 Å². The number of aliphatic hydroxyl groups excluding tert-OH is 1. The van der Waals surface area contributed by atoms with Gasteiger partial charge in [0.05, 0.1) is 0 Å². The first-order valence-electron chi connectivity index (χ1n) is 4.56. The van der Waals surface area contributed by atoms with E-state index in [1.807, 2.05) is 6.92 Å². The van der Waals surface area contributed by atoms with Gasteiger partial charge in [0, 0.05) is 12.6 Å². The van der Waals surface area contributed by atoms with Crippen LogP contribution in [-0.4, -0.2) is 32.7 Å². The van der Waals surface area contributed by atoms with E-state index in [0.29, 0.717) is 5.95 Å². The fraction of sp³-hybridized carbons (Fsp3) is 0.625. The molecule has 1 unspecified atom stereocenters. The van der Waals surface area contributed by atoms with Crippen molar-refractivity contribution in [1.82, 2.24) is 15.0 Å². The molecular weight excluding hydrogens is 239 g/mol. The number of hydrogen-bond acceptors (Lipinski definition) is 5. The number of hydrogen-bond donors (Lipinski definition) is 2. The highest BCUT2D eigenvalue weighted by Gasteiger charge is 2.06. The molecule has 1 rings (SSSR count). The summed E-state index contributed by atoms with van der Waals surface area (Å²) >= 11 is 11.2. The summed E-state index contributed by atoms with van der Waals surface area (Å²) in [4.78, 5) is 11.4. The maximum absolute atomic E-state index is 8.66. The summed E-state index contributed by atoms with van der Waals surface area (Å²) in [5.41, 5.74) is 0. The van der Waals surface area contributed by atoms with Crippen molar-refractivity contribution in [2.45, 2.75) is 25.8 Å². The Morgan fingerprint density at radius 1 is 1.27 bits per heavy atom. The summed E-state index contributed by atoms with van der Waals surface area (Å²) in [7, 11) is 0. The summed E-state index contributed by atoms with van der Waals surface area (Å²) in [5.74, 6) is 0.352. The van der Waals surface area contributed by atoms with E-state index in [-0.39, 0.29) is 23.2 Å².